The number of aliphatic hydroxyl groups is 4. The van der Waals surface area contributed by atoms with Gasteiger partial charge in [0.2, 0.25) is 6.29 Å². The summed E-state index contributed by atoms with van der Waals surface area (Å²) < 4.78 is 16.6. The summed E-state index contributed by atoms with van der Waals surface area (Å²) in [7, 11) is 0. The van der Waals surface area contributed by atoms with Gasteiger partial charge in [-0.25, -0.2) is 0 Å². The highest BCUT2D eigenvalue weighted by molar-refractivity contribution is 5.80. The highest BCUT2D eigenvalue weighted by Gasteiger charge is 2.44. The van der Waals surface area contributed by atoms with Crippen LogP contribution in [0, 0.1) is 0 Å². The Balaban J connectivity index is 1.67. The summed E-state index contributed by atoms with van der Waals surface area (Å²) in [5.74, 6) is -0.425. The maximum atomic E-state index is 12.5. The fraction of sp³-hybridized carbons (Fsp3) is 0.286. The second-order valence-corrected chi connectivity index (χ2v) is 7.15. The van der Waals surface area contributed by atoms with E-state index in [1.54, 1.807) is 0 Å². The zero-order chi connectivity index (χ0) is 22.3. The van der Waals surface area contributed by atoms with E-state index in [1.807, 2.05) is 0 Å². The normalized spacial score (nSPS) is 26.1. The van der Waals surface area contributed by atoms with Crippen LogP contribution < -0.4 is 10.2 Å². The van der Waals surface area contributed by atoms with Crippen LogP contribution in [0.2, 0.25) is 0 Å². The maximum Gasteiger partial charge on any atom is 0.229 e. The monoisotopic (exact) mass is 432 g/mol. The molecule has 10 nitrogen and oxygen atoms in total. The first-order valence-electron chi connectivity index (χ1n) is 9.36. The highest BCUT2D eigenvalue weighted by atomic mass is 16.7. The molecular formula is C21H20O10. The summed E-state index contributed by atoms with van der Waals surface area (Å²) in [6.45, 7) is -0.597. The first-order valence-corrected chi connectivity index (χ1v) is 9.36. The molecule has 0 amide bonds. The van der Waals surface area contributed by atoms with Gasteiger partial charge in [0.15, 0.2) is 16.9 Å². The Hall–Kier alpha value is -3.15. The van der Waals surface area contributed by atoms with Crippen LogP contribution in [0.15, 0.2) is 51.7 Å². The lowest BCUT2D eigenvalue weighted by Gasteiger charge is -2.39. The average molecular weight is 432 g/mol. The summed E-state index contributed by atoms with van der Waals surface area (Å²) in [6.07, 6.45) is -7.22. The standard InChI is InChI=1S/C21H20O10/c22-8-17-18(26)19(27)20(28)21(31-17)29-10-2-3-11-13(24)7-15(30-16(11)6-10)9-1-4-12(23)14(25)5-9/h1-7,17-23,25-28H,8H2/t17-,18-,19+,20-,21-/m1/s1. The van der Waals surface area contributed by atoms with Gasteiger partial charge in [-0.1, -0.05) is 0 Å². The number of aliphatic hydroxyl groups excluding tert-OH is 4. The van der Waals surface area contributed by atoms with Gasteiger partial charge in [0, 0.05) is 17.7 Å². The van der Waals surface area contributed by atoms with Crippen molar-refractivity contribution in [2.24, 2.45) is 0 Å². The van der Waals surface area contributed by atoms with Crippen molar-refractivity contribution in [2.45, 2.75) is 30.7 Å². The Morgan fingerprint density at radius 1 is 0.903 bits per heavy atom. The Labute approximate surface area is 174 Å². The molecule has 1 aromatic heterocycles. The SMILES string of the molecule is O=c1cc(-c2ccc(O)c(O)c2)oc2cc(O[C@@H]3O[C@H](CO)[C@@H](O)[C@H](O)[C@H]3O)ccc12. The van der Waals surface area contributed by atoms with Crippen molar-refractivity contribution in [3.63, 3.8) is 0 Å². The molecular weight excluding hydrogens is 412 g/mol. The molecule has 1 aliphatic heterocycles. The lowest BCUT2D eigenvalue weighted by molar-refractivity contribution is -0.277. The molecule has 0 radical (unpaired) electrons. The van der Waals surface area contributed by atoms with Crippen molar-refractivity contribution in [3.05, 3.63) is 52.7 Å². The minimum atomic E-state index is -1.59. The van der Waals surface area contributed by atoms with Gasteiger partial charge in [-0.15, -0.1) is 0 Å². The molecule has 0 saturated carbocycles. The summed E-state index contributed by atoms with van der Waals surface area (Å²) in [5, 5.41) is 58.5. The third-order valence-corrected chi connectivity index (χ3v) is 5.06. The molecule has 5 atom stereocenters. The topological polar surface area (TPSA) is 170 Å². The minimum absolute atomic E-state index is 0.130. The van der Waals surface area contributed by atoms with Crippen molar-refractivity contribution in [2.75, 3.05) is 6.61 Å². The van der Waals surface area contributed by atoms with Gasteiger partial charge in [-0.3, -0.25) is 4.79 Å². The Kier molecular flexibility index (Phi) is 5.56. The van der Waals surface area contributed by atoms with E-state index in [0.29, 0.717) is 5.56 Å². The van der Waals surface area contributed by atoms with Gasteiger partial charge >= 0.3 is 0 Å². The summed E-state index contributed by atoms with van der Waals surface area (Å²) in [5.41, 5.74) is 0.134. The average Bonchev–Trinajstić information content (AvgIpc) is 2.75. The van der Waals surface area contributed by atoms with E-state index >= 15 is 0 Å². The quantitative estimate of drug-likeness (QED) is 0.310. The maximum absolute atomic E-state index is 12.5. The second-order valence-electron chi connectivity index (χ2n) is 7.15. The molecule has 2 aromatic carbocycles. The largest absolute Gasteiger partial charge is 0.504 e. The zero-order valence-electron chi connectivity index (χ0n) is 16.0. The number of phenolic OH excluding ortho intramolecular Hbond substituents is 2. The van der Waals surface area contributed by atoms with Crippen LogP contribution in [-0.4, -0.2) is 68.0 Å². The van der Waals surface area contributed by atoms with E-state index in [9.17, 15) is 35.4 Å². The molecule has 1 aliphatic rings. The first kappa shape index (κ1) is 21.1. The summed E-state index contributed by atoms with van der Waals surface area (Å²) in [6, 6.07) is 9.47. The van der Waals surface area contributed by atoms with Crippen molar-refractivity contribution >= 4 is 11.0 Å². The molecule has 6 N–H and O–H groups in total. The predicted octanol–water partition coefficient (Wildman–Crippen LogP) is 0.0499. The Bertz CT molecular complexity index is 1150. The van der Waals surface area contributed by atoms with Gasteiger partial charge in [-0.2, -0.15) is 0 Å². The van der Waals surface area contributed by atoms with E-state index in [-0.39, 0.29) is 39.4 Å². The molecule has 0 unspecified atom stereocenters. The van der Waals surface area contributed by atoms with Gasteiger partial charge < -0.3 is 44.5 Å². The molecule has 3 aromatic rings. The van der Waals surface area contributed by atoms with Crippen molar-refractivity contribution < 1.29 is 44.5 Å². The molecule has 1 saturated heterocycles. The molecule has 0 aliphatic carbocycles. The van der Waals surface area contributed by atoms with Crippen molar-refractivity contribution in [1.82, 2.24) is 0 Å². The van der Waals surface area contributed by atoms with Crippen LogP contribution in [0.25, 0.3) is 22.3 Å². The highest BCUT2D eigenvalue weighted by Crippen LogP contribution is 2.32. The second kappa shape index (κ2) is 8.17. The van der Waals surface area contributed by atoms with Gasteiger partial charge in [0.25, 0.3) is 0 Å². The number of hydrogen-bond donors (Lipinski definition) is 6. The van der Waals surface area contributed by atoms with E-state index in [0.717, 1.165) is 0 Å². The van der Waals surface area contributed by atoms with Gasteiger partial charge in [0.1, 0.15) is 41.5 Å². The molecule has 10 heteroatoms. The third-order valence-electron chi connectivity index (χ3n) is 5.06. The molecule has 0 spiro atoms. The molecule has 164 valence electrons. The van der Waals surface area contributed by atoms with Crippen LogP contribution in [-0.2, 0) is 4.74 Å². The fourth-order valence-corrected chi connectivity index (χ4v) is 3.33. The van der Waals surface area contributed by atoms with Crippen LogP contribution in [0.4, 0.5) is 0 Å². The molecule has 0 bridgehead atoms. The van der Waals surface area contributed by atoms with Gasteiger partial charge in [0.05, 0.1) is 12.0 Å². The number of hydrogen-bond acceptors (Lipinski definition) is 10. The number of phenols is 2. The number of fused-ring (bicyclic) bond motifs is 1. The summed E-state index contributed by atoms with van der Waals surface area (Å²) in [4.78, 5) is 12.5. The van der Waals surface area contributed by atoms with Crippen molar-refractivity contribution in [1.29, 1.82) is 0 Å². The van der Waals surface area contributed by atoms with Gasteiger partial charge in [-0.05, 0) is 30.3 Å². The Morgan fingerprint density at radius 2 is 1.68 bits per heavy atom. The molecule has 1 fully saturated rings. The molecule has 2 heterocycles. The lowest BCUT2D eigenvalue weighted by atomic mass is 9.99. The summed E-state index contributed by atoms with van der Waals surface area (Å²) >= 11 is 0. The fourth-order valence-electron chi connectivity index (χ4n) is 3.33. The number of ether oxygens (including phenoxy) is 2. The number of rotatable bonds is 4. The first-order chi connectivity index (χ1) is 14.8. The number of benzene rings is 2. The molecule has 31 heavy (non-hydrogen) atoms. The van der Waals surface area contributed by atoms with E-state index < -0.39 is 37.3 Å². The van der Waals surface area contributed by atoms with Crippen molar-refractivity contribution in [3.8, 4) is 28.6 Å². The number of aromatic hydroxyl groups is 2. The third kappa shape index (κ3) is 3.94. The zero-order valence-corrected chi connectivity index (χ0v) is 16.0. The Morgan fingerprint density at radius 3 is 2.39 bits per heavy atom. The molecule has 4 rings (SSSR count). The van der Waals surface area contributed by atoms with E-state index in [1.165, 1.54) is 42.5 Å². The van der Waals surface area contributed by atoms with Crippen LogP contribution in [0.3, 0.4) is 0 Å². The van der Waals surface area contributed by atoms with E-state index in [2.05, 4.69) is 0 Å². The van der Waals surface area contributed by atoms with E-state index in [4.69, 9.17) is 13.9 Å². The predicted molar refractivity (Wildman–Crippen MR) is 106 cm³/mol. The lowest BCUT2D eigenvalue weighted by Crippen LogP contribution is -2.60. The smallest absolute Gasteiger partial charge is 0.229 e. The van der Waals surface area contributed by atoms with Crippen LogP contribution in [0.5, 0.6) is 17.2 Å². The van der Waals surface area contributed by atoms with Crippen LogP contribution in [0.1, 0.15) is 0 Å². The minimum Gasteiger partial charge on any atom is -0.504 e. The van der Waals surface area contributed by atoms with Crippen LogP contribution >= 0.6 is 0 Å².